The zero-order chi connectivity index (χ0) is 12.3. The zero-order valence-electron chi connectivity index (χ0n) is 9.69. The van der Waals surface area contributed by atoms with Gasteiger partial charge in [0.15, 0.2) is 0 Å². The van der Waals surface area contributed by atoms with Crippen molar-refractivity contribution in [1.82, 2.24) is 4.90 Å². The summed E-state index contributed by atoms with van der Waals surface area (Å²) in [5.74, 6) is 0.876. The van der Waals surface area contributed by atoms with Crippen molar-refractivity contribution in [2.45, 2.75) is 26.7 Å². The Morgan fingerprint density at radius 1 is 1.50 bits per heavy atom. The lowest BCUT2D eigenvalue weighted by Crippen LogP contribution is -2.46. The first kappa shape index (κ1) is 12.6. The van der Waals surface area contributed by atoms with E-state index in [1.165, 1.54) is 0 Å². The number of carboxylic acid groups (broad SMARTS) is 1. The lowest BCUT2D eigenvalue weighted by atomic mass is 9.74. The van der Waals surface area contributed by atoms with E-state index < -0.39 is 11.4 Å². The molecule has 1 atom stereocenters. The third-order valence-corrected chi connectivity index (χ3v) is 3.40. The third kappa shape index (κ3) is 2.35. The highest BCUT2D eigenvalue weighted by atomic mass is 16.4. The number of rotatable bonds is 2. The summed E-state index contributed by atoms with van der Waals surface area (Å²) in [6.45, 7) is 4.48. The Hall–Kier alpha value is -1.50. The Bertz CT molecular complexity index is 341. The molecule has 1 fully saturated rings. The van der Waals surface area contributed by atoms with Gasteiger partial charge in [-0.2, -0.15) is 0 Å². The summed E-state index contributed by atoms with van der Waals surface area (Å²) in [5, 5.41) is 9.13. The van der Waals surface area contributed by atoms with Crippen molar-refractivity contribution in [2.24, 2.45) is 11.3 Å². The molecule has 0 spiro atoms. The van der Waals surface area contributed by atoms with Crippen LogP contribution in [0.15, 0.2) is 0 Å². The van der Waals surface area contributed by atoms with Crippen LogP contribution >= 0.6 is 0 Å². The van der Waals surface area contributed by atoms with Crippen LogP contribution in [0.25, 0.3) is 0 Å². The molecule has 88 valence electrons. The van der Waals surface area contributed by atoms with Crippen LogP contribution in [0, 0.1) is 23.7 Å². The minimum atomic E-state index is -0.826. The van der Waals surface area contributed by atoms with Gasteiger partial charge in [0.25, 0.3) is 5.91 Å². The highest BCUT2D eigenvalue weighted by Crippen LogP contribution is 2.34. The summed E-state index contributed by atoms with van der Waals surface area (Å²) < 4.78 is 0. The molecule has 0 aromatic carbocycles. The Morgan fingerprint density at radius 3 is 2.62 bits per heavy atom. The Labute approximate surface area is 95.6 Å². The van der Waals surface area contributed by atoms with Gasteiger partial charge in [-0.1, -0.05) is 0 Å². The first-order valence-electron chi connectivity index (χ1n) is 5.38. The normalized spacial score (nSPS) is 21.3. The number of carbonyl (C=O) groups excluding carboxylic acids is 1. The van der Waals surface area contributed by atoms with Crippen molar-refractivity contribution in [3.8, 4) is 12.3 Å². The largest absolute Gasteiger partial charge is 0.481 e. The summed E-state index contributed by atoms with van der Waals surface area (Å²) in [7, 11) is 0. The maximum atomic E-state index is 11.4. The number of nitrogens with zero attached hydrogens (tertiary/aromatic N) is 1. The van der Waals surface area contributed by atoms with E-state index in [2.05, 4.69) is 5.92 Å². The number of carbonyl (C=O) groups is 2. The number of hydrogen-bond donors (Lipinski definition) is 1. The maximum Gasteiger partial charge on any atom is 0.309 e. The van der Waals surface area contributed by atoms with Crippen molar-refractivity contribution in [3.05, 3.63) is 0 Å². The van der Waals surface area contributed by atoms with Gasteiger partial charge in [0.1, 0.15) is 0 Å². The van der Waals surface area contributed by atoms with Gasteiger partial charge in [0, 0.05) is 13.1 Å². The molecule has 1 aliphatic heterocycles. The molecule has 0 bridgehead atoms. The average Bonchev–Trinajstić information content (AvgIpc) is 2.28. The first-order valence-corrected chi connectivity index (χ1v) is 5.38. The van der Waals surface area contributed by atoms with E-state index in [1.54, 1.807) is 18.7 Å². The lowest BCUT2D eigenvalue weighted by molar-refractivity contribution is -0.152. The van der Waals surface area contributed by atoms with Crippen molar-refractivity contribution in [1.29, 1.82) is 0 Å². The second-order valence-corrected chi connectivity index (χ2v) is 4.76. The van der Waals surface area contributed by atoms with E-state index in [1.807, 2.05) is 0 Å². The predicted octanol–water partition coefficient (Wildman–Crippen LogP) is 0.969. The highest BCUT2D eigenvalue weighted by molar-refractivity contribution is 5.93. The van der Waals surface area contributed by atoms with Crippen LogP contribution in [0.5, 0.6) is 0 Å². The molecule has 4 nitrogen and oxygen atoms in total. The minimum absolute atomic E-state index is 0.0314. The maximum absolute atomic E-state index is 11.4. The fourth-order valence-electron chi connectivity index (χ4n) is 2.02. The fourth-order valence-corrected chi connectivity index (χ4v) is 2.02. The van der Waals surface area contributed by atoms with E-state index in [9.17, 15) is 9.59 Å². The van der Waals surface area contributed by atoms with Gasteiger partial charge in [-0.25, -0.2) is 0 Å². The summed E-state index contributed by atoms with van der Waals surface area (Å²) in [4.78, 5) is 24.0. The van der Waals surface area contributed by atoms with Crippen LogP contribution < -0.4 is 0 Å². The number of terminal acetylenes is 1. The summed E-state index contributed by atoms with van der Waals surface area (Å²) in [6.07, 6.45) is 6.70. The molecule has 1 unspecified atom stereocenters. The van der Waals surface area contributed by atoms with Crippen molar-refractivity contribution in [2.75, 3.05) is 13.1 Å². The first-order chi connectivity index (χ1) is 7.39. The Morgan fingerprint density at radius 2 is 2.12 bits per heavy atom. The average molecular weight is 223 g/mol. The number of hydrogen-bond acceptors (Lipinski definition) is 2. The van der Waals surface area contributed by atoms with E-state index >= 15 is 0 Å². The molecule has 1 amide bonds. The zero-order valence-corrected chi connectivity index (χ0v) is 9.69. The summed E-state index contributed by atoms with van der Waals surface area (Å²) >= 11 is 0. The summed E-state index contributed by atoms with van der Waals surface area (Å²) in [5.41, 5.74) is -0.812. The quantitative estimate of drug-likeness (QED) is 0.710. The number of likely N-dealkylation sites (tertiary alicyclic amines) is 1. The molecule has 16 heavy (non-hydrogen) atoms. The molecule has 0 saturated carbocycles. The van der Waals surface area contributed by atoms with Gasteiger partial charge in [0.05, 0.1) is 5.41 Å². The van der Waals surface area contributed by atoms with Crippen LogP contribution in [0.1, 0.15) is 26.7 Å². The van der Waals surface area contributed by atoms with Gasteiger partial charge in [0.2, 0.25) is 0 Å². The van der Waals surface area contributed by atoms with Crippen molar-refractivity contribution in [3.63, 3.8) is 0 Å². The van der Waals surface area contributed by atoms with Crippen LogP contribution in [0.4, 0.5) is 0 Å². The monoisotopic (exact) mass is 223 g/mol. The second kappa shape index (κ2) is 4.56. The molecular formula is C12H17NO3. The van der Waals surface area contributed by atoms with Crippen molar-refractivity contribution < 1.29 is 14.7 Å². The molecule has 4 heteroatoms. The standard InChI is InChI=1S/C12H17NO3/c1-4-10(14)13-7-5-6-9(8-13)12(2,3)11(15)16/h1,9H,5-8H2,2-3H3,(H,15,16). The topological polar surface area (TPSA) is 57.6 Å². The molecule has 0 aromatic rings. The molecule has 1 N–H and O–H groups in total. The summed E-state index contributed by atoms with van der Waals surface area (Å²) in [6, 6.07) is 0. The Balaban J connectivity index is 2.75. The second-order valence-electron chi connectivity index (χ2n) is 4.76. The molecule has 0 radical (unpaired) electrons. The lowest BCUT2D eigenvalue weighted by Gasteiger charge is -2.38. The fraction of sp³-hybridized carbons (Fsp3) is 0.667. The molecule has 1 aliphatic rings. The van der Waals surface area contributed by atoms with Gasteiger partial charge >= 0.3 is 5.97 Å². The number of piperidine rings is 1. The SMILES string of the molecule is C#CC(=O)N1CCCC(C(C)(C)C(=O)O)C1. The third-order valence-electron chi connectivity index (χ3n) is 3.40. The van der Waals surface area contributed by atoms with Crippen LogP contribution in [0.2, 0.25) is 0 Å². The number of amides is 1. The molecule has 1 heterocycles. The molecule has 1 saturated heterocycles. The minimum Gasteiger partial charge on any atom is -0.481 e. The van der Waals surface area contributed by atoms with Gasteiger partial charge in [-0.15, -0.1) is 6.42 Å². The van der Waals surface area contributed by atoms with Gasteiger partial charge < -0.3 is 10.0 Å². The van der Waals surface area contributed by atoms with E-state index in [0.717, 1.165) is 12.8 Å². The van der Waals surface area contributed by atoms with Crippen LogP contribution in [-0.2, 0) is 9.59 Å². The van der Waals surface area contributed by atoms with Crippen LogP contribution in [-0.4, -0.2) is 35.0 Å². The Kier molecular flexibility index (Phi) is 3.58. The van der Waals surface area contributed by atoms with Gasteiger partial charge in [-0.05, 0) is 38.5 Å². The number of carboxylic acids is 1. The van der Waals surface area contributed by atoms with Gasteiger partial charge in [-0.3, -0.25) is 9.59 Å². The van der Waals surface area contributed by atoms with E-state index in [-0.39, 0.29) is 11.8 Å². The molecule has 0 aliphatic carbocycles. The highest BCUT2D eigenvalue weighted by Gasteiger charge is 2.39. The molecule has 1 rings (SSSR count). The van der Waals surface area contributed by atoms with E-state index in [0.29, 0.717) is 13.1 Å². The molecule has 0 aromatic heterocycles. The van der Waals surface area contributed by atoms with Crippen LogP contribution in [0.3, 0.4) is 0 Å². The molecular weight excluding hydrogens is 206 g/mol. The van der Waals surface area contributed by atoms with Crippen molar-refractivity contribution >= 4 is 11.9 Å². The smallest absolute Gasteiger partial charge is 0.309 e. The number of aliphatic carboxylic acids is 1. The van der Waals surface area contributed by atoms with E-state index in [4.69, 9.17) is 11.5 Å². The predicted molar refractivity (Wildman–Crippen MR) is 59.6 cm³/mol.